The molecule has 0 unspecified atom stereocenters. The normalized spacial score (nSPS) is 35.2. The Bertz CT molecular complexity index is 730. The molecule has 24 heavy (non-hydrogen) atoms. The molecule has 0 amide bonds. The predicted octanol–water partition coefficient (Wildman–Crippen LogP) is 3.87. The van der Waals surface area contributed by atoms with Crippen molar-refractivity contribution in [3.8, 4) is 0 Å². The van der Waals surface area contributed by atoms with Crippen LogP contribution in [0, 0.1) is 30.1 Å². The van der Waals surface area contributed by atoms with E-state index in [1.165, 1.54) is 38.5 Å². The molecule has 0 spiro atoms. The molecule has 0 saturated heterocycles. The maximum Gasteiger partial charge on any atom is 0.276 e. The van der Waals surface area contributed by atoms with Gasteiger partial charge in [0.2, 0.25) is 0 Å². The Morgan fingerprint density at radius 1 is 1.04 bits per heavy atom. The first-order valence-electron chi connectivity index (χ1n) is 9.00. The average Bonchev–Trinajstić information content (AvgIpc) is 2.52. The number of benzene rings is 1. The smallest absolute Gasteiger partial charge is 0.200 e. The van der Waals surface area contributed by atoms with E-state index in [1.807, 2.05) is 26.0 Å². The lowest BCUT2D eigenvalue weighted by Gasteiger charge is -2.56. The first-order chi connectivity index (χ1) is 11.4. The summed E-state index contributed by atoms with van der Waals surface area (Å²) < 4.78 is 24.9. The summed E-state index contributed by atoms with van der Waals surface area (Å²) in [5, 5.41) is 4.36. The quantitative estimate of drug-likeness (QED) is 0.665. The second-order valence-electron chi connectivity index (χ2n) is 8.30. The van der Waals surface area contributed by atoms with Crippen molar-refractivity contribution in [1.29, 1.82) is 0 Å². The highest BCUT2D eigenvalue weighted by atomic mass is 32.2. The highest BCUT2D eigenvalue weighted by Gasteiger charge is 2.52. The van der Waals surface area contributed by atoms with Gasteiger partial charge < -0.3 is 0 Å². The fourth-order valence-corrected chi connectivity index (χ4v) is 6.43. The van der Waals surface area contributed by atoms with Gasteiger partial charge in [-0.2, -0.15) is 13.5 Å². The number of hydrogen-bond acceptors (Lipinski definition) is 3. The number of nitrogens with zero attached hydrogens (tertiary/aromatic N) is 1. The van der Waals surface area contributed by atoms with Crippen LogP contribution in [0.15, 0.2) is 34.3 Å². The van der Waals surface area contributed by atoms with Crippen LogP contribution in [-0.2, 0) is 10.0 Å². The van der Waals surface area contributed by atoms with E-state index in [-0.39, 0.29) is 10.3 Å². The third kappa shape index (κ3) is 2.77. The molecule has 1 aromatic rings. The molecule has 5 rings (SSSR count). The molecule has 1 aromatic carbocycles. The summed E-state index contributed by atoms with van der Waals surface area (Å²) in [6.07, 6.45) is 7.71. The first kappa shape index (κ1) is 16.1. The lowest BCUT2D eigenvalue weighted by atomic mass is 9.48. The lowest BCUT2D eigenvalue weighted by Crippen LogP contribution is -2.49. The second-order valence-corrected chi connectivity index (χ2v) is 9.96. The van der Waals surface area contributed by atoms with E-state index in [1.54, 1.807) is 12.1 Å². The van der Waals surface area contributed by atoms with Gasteiger partial charge in [-0.1, -0.05) is 17.7 Å². The number of hydrogen-bond donors (Lipinski definition) is 1. The summed E-state index contributed by atoms with van der Waals surface area (Å²) in [5.41, 5.74) is 2.17. The molecule has 0 radical (unpaired) electrons. The molecule has 0 aromatic heterocycles. The molecule has 4 saturated carbocycles. The zero-order valence-electron chi connectivity index (χ0n) is 14.5. The first-order valence-corrected chi connectivity index (χ1v) is 10.5. The summed E-state index contributed by atoms with van der Waals surface area (Å²) >= 11 is 0. The Hall–Kier alpha value is -1.36. The van der Waals surface area contributed by atoms with Crippen LogP contribution < -0.4 is 4.83 Å². The molecule has 4 fully saturated rings. The molecule has 4 aliphatic carbocycles. The van der Waals surface area contributed by atoms with Crippen molar-refractivity contribution in [2.24, 2.45) is 28.3 Å². The van der Waals surface area contributed by atoms with Gasteiger partial charge in [0.1, 0.15) is 0 Å². The van der Waals surface area contributed by atoms with Gasteiger partial charge in [-0.25, -0.2) is 4.83 Å². The molecule has 4 aliphatic rings. The van der Waals surface area contributed by atoms with Crippen molar-refractivity contribution in [3.63, 3.8) is 0 Å². The van der Waals surface area contributed by atoms with E-state index in [0.29, 0.717) is 0 Å². The SMILES string of the molecule is C/C(=N/NS(=O)(=O)c1ccc(C)cc1)C12CC3CC(CC(C3)C1)C2. The summed E-state index contributed by atoms with van der Waals surface area (Å²) in [5.74, 6) is 2.49. The van der Waals surface area contributed by atoms with Crippen molar-refractivity contribution in [3.05, 3.63) is 29.8 Å². The van der Waals surface area contributed by atoms with Gasteiger partial charge in [0.15, 0.2) is 0 Å². The minimum absolute atomic E-state index is 0.143. The van der Waals surface area contributed by atoms with E-state index in [0.717, 1.165) is 29.0 Å². The Morgan fingerprint density at radius 3 is 2.04 bits per heavy atom. The molecule has 1 N–H and O–H groups in total. The Labute approximate surface area is 144 Å². The molecule has 0 atom stereocenters. The molecule has 4 nitrogen and oxygen atoms in total. The highest BCUT2D eigenvalue weighted by Crippen LogP contribution is 2.60. The number of rotatable bonds is 4. The van der Waals surface area contributed by atoms with Crippen molar-refractivity contribution >= 4 is 15.7 Å². The van der Waals surface area contributed by atoms with Crippen molar-refractivity contribution in [2.75, 3.05) is 0 Å². The molecular formula is C19H26N2O2S. The topological polar surface area (TPSA) is 58.5 Å². The summed E-state index contributed by atoms with van der Waals surface area (Å²) in [6, 6.07) is 6.88. The van der Waals surface area contributed by atoms with E-state index in [9.17, 15) is 8.42 Å². The number of hydrazone groups is 1. The van der Waals surface area contributed by atoms with Crippen LogP contribution in [-0.4, -0.2) is 14.1 Å². The van der Waals surface area contributed by atoms with Gasteiger partial charge in [-0.15, -0.1) is 0 Å². The minimum Gasteiger partial charge on any atom is -0.200 e. The Kier molecular flexibility index (Phi) is 3.75. The summed E-state index contributed by atoms with van der Waals surface area (Å²) in [7, 11) is -3.58. The predicted molar refractivity (Wildman–Crippen MR) is 95.2 cm³/mol. The van der Waals surface area contributed by atoms with Crippen LogP contribution in [0.4, 0.5) is 0 Å². The van der Waals surface area contributed by atoms with E-state index in [2.05, 4.69) is 9.93 Å². The monoisotopic (exact) mass is 346 g/mol. The lowest BCUT2D eigenvalue weighted by molar-refractivity contribution is -0.0127. The largest absolute Gasteiger partial charge is 0.276 e. The van der Waals surface area contributed by atoms with Crippen LogP contribution in [0.5, 0.6) is 0 Å². The van der Waals surface area contributed by atoms with Crippen molar-refractivity contribution in [1.82, 2.24) is 4.83 Å². The van der Waals surface area contributed by atoms with E-state index in [4.69, 9.17) is 0 Å². The number of sulfonamides is 1. The minimum atomic E-state index is -3.58. The zero-order chi connectivity index (χ0) is 16.9. The number of aryl methyl sites for hydroxylation is 1. The molecule has 0 aliphatic heterocycles. The van der Waals surface area contributed by atoms with Crippen molar-refractivity contribution in [2.45, 2.75) is 57.3 Å². The summed E-state index contributed by atoms with van der Waals surface area (Å²) in [4.78, 5) is 2.75. The fourth-order valence-electron chi connectivity index (χ4n) is 5.57. The molecular weight excluding hydrogens is 320 g/mol. The van der Waals surface area contributed by atoms with E-state index < -0.39 is 10.0 Å². The zero-order valence-corrected chi connectivity index (χ0v) is 15.3. The second kappa shape index (κ2) is 5.58. The van der Waals surface area contributed by atoms with Gasteiger partial charge >= 0.3 is 0 Å². The van der Waals surface area contributed by atoms with Gasteiger partial charge in [0.05, 0.1) is 4.90 Å². The third-order valence-corrected chi connectivity index (χ3v) is 7.69. The Balaban J connectivity index is 1.54. The van der Waals surface area contributed by atoms with Crippen LogP contribution in [0.2, 0.25) is 0 Å². The van der Waals surface area contributed by atoms with E-state index >= 15 is 0 Å². The average molecular weight is 346 g/mol. The maximum absolute atomic E-state index is 12.5. The van der Waals surface area contributed by atoms with Gasteiger partial charge in [-0.05, 0) is 82.3 Å². The molecule has 4 bridgehead atoms. The van der Waals surface area contributed by atoms with Crippen LogP contribution >= 0.6 is 0 Å². The maximum atomic E-state index is 12.5. The summed E-state index contributed by atoms with van der Waals surface area (Å²) in [6.45, 7) is 3.96. The van der Waals surface area contributed by atoms with Crippen LogP contribution in [0.1, 0.15) is 51.0 Å². The standard InChI is InChI=1S/C19H26N2O2S/c1-13-3-5-18(6-4-13)24(22,23)21-20-14(2)19-10-15-7-16(11-19)9-17(8-15)12-19/h3-6,15-17,21H,7-12H2,1-2H3/b20-14-. The van der Waals surface area contributed by atoms with Gasteiger partial charge in [-0.3, -0.25) is 0 Å². The van der Waals surface area contributed by atoms with Gasteiger partial charge in [0.25, 0.3) is 10.0 Å². The molecule has 130 valence electrons. The molecule has 0 heterocycles. The Morgan fingerprint density at radius 2 is 1.54 bits per heavy atom. The van der Waals surface area contributed by atoms with Crippen molar-refractivity contribution < 1.29 is 8.42 Å². The fraction of sp³-hybridized carbons (Fsp3) is 0.632. The molecule has 5 heteroatoms. The van der Waals surface area contributed by atoms with Gasteiger partial charge in [0, 0.05) is 11.1 Å². The van der Waals surface area contributed by atoms with Crippen LogP contribution in [0.3, 0.4) is 0 Å². The number of nitrogens with one attached hydrogen (secondary N) is 1. The third-order valence-electron chi connectivity index (χ3n) is 6.47. The van der Waals surface area contributed by atoms with Crippen LogP contribution in [0.25, 0.3) is 0 Å². The highest BCUT2D eigenvalue weighted by molar-refractivity contribution is 7.89.